The molecule has 1 aromatic carbocycles. The zero-order valence-corrected chi connectivity index (χ0v) is 11.9. The molecule has 1 rings (SSSR count). The topological polar surface area (TPSA) is 38.5 Å². The van der Waals surface area contributed by atoms with Gasteiger partial charge in [-0.1, -0.05) is 38.1 Å². The van der Waals surface area contributed by atoms with E-state index in [0.29, 0.717) is 12.5 Å². The van der Waals surface area contributed by atoms with Crippen molar-refractivity contribution in [1.29, 1.82) is 0 Å². The van der Waals surface area contributed by atoms with Crippen molar-refractivity contribution in [3.63, 3.8) is 0 Å². The van der Waals surface area contributed by atoms with Crippen LogP contribution in [0, 0.1) is 5.92 Å². The molecule has 2 N–H and O–H groups in total. The third-order valence-electron chi connectivity index (χ3n) is 2.78. The number of likely N-dealkylation sites (N-methyl/N-ethyl adjacent to an activating group) is 1. The van der Waals surface area contributed by atoms with Gasteiger partial charge >= 0.3 is 0 Å². The lowest BCUT2D eigenvalue weighted by Crippen LogP contribution is -2.23. The molecule has 0 atom stereocenters. The summed E-state index contributed by atoms with van der Waals surface area (Å²) in [6.07, 6.45) is 0. The van der Waals surface area contributed by atoms with Crippen molar-refractivity contribution in [1.82, 2.24) is 4.90 Å². The van der Waals surface area contributed by atoms with E-state index in [1.54, 1.807) is 0 Å². The van der Waals surface area contributed by atoms with Crippen molar-refractivity contribution >= 4 is 0 Å². The quantitative estimate of drug-likeness (QED) is 0.719. The molecule has 3 nitrogen and oxygen atoms in total. The van der Waals surface area contributed by atoms with Gasteiger partial charge in [0.1, 0.15) is 0 Å². The SMILES string of the molecule is CC(C)COCCN(C)Cc1ccc(CN)cc1. The lowest BCUT2D eigenvalue weighted by atomic mass is 10.1. The average molecular weight is 250 g/mol. The molecule has 1 aromatic rings. The third-order valence-corrected chi connectivity index (χ3v) is 2.78. The molecule has 0 fully saturated rings. The van der Waals surface area contributed by atoms with E-state index < -0.39 is 0 Å². The van der Waals surface area contributed by atoms with Crippen LogP contribution < -0.4 is 5.73 Å². The van der Waals surface area contributed by atoms with Crippen LogP contribution in [0.3, 0.4) is 0 Å². The minimum absolute atomic E-state index is 0.610. The average Bonchev–Trinajstić information content (AvgIpc) is 2.35. The maximum Gasteiger partial charge on any atom is 0.0593 e. The predicted octanol–water partition coefficient (Wildman–Crippen LogP) is 2.25. The van der Waals surface area contributed by atoms with Crippen LogP contribution in [0.15, 0.2) is 24.3 Å². The molecule has 0 spiro atoms. The maximum absolute atomic E-state index is 5.58. The Morgan fingerprint density at radius 1 is 1.17 bits per heavy atom. The zero-order chi connectivity index (χ0) is 13.4. The number of ether oxygens (including phenoxy) is 1. The Morgan fingerprint density at radius 3 is 2.33 bits per heavy atom. The number of hydrogen-bond donors (Lipinski definition) is 1. The second-order valence-electron chi connectivity index (χ2n) is 5.23. The van der Waals surface area contributed by atoms with Gasteiger partial charge in [-0.25, -0.2) is 0 Å². The fourth-order valence-corrected chi connectivity index (χ4v) is 1.71. The number of hydrogen-bond acceptors (Lipinski definition) is 3. The van der Waals surface area contributed by atoms with Gasteiger partial charge in [0.15, 0.2) is 0 Å². The Hall–Kier alpha value is -0.900. The van der Waals surface area contributed by atoms with Crippen molar-refractivity contribution in [2.24, 2.45) is 11.7 Å². The van der Waals surface area contributed by atoms with Crippen molar-refractivity contribution < 1.29 is 4.74 Å². The van der Waals surface area contributed by atoms with Gasteiger partial charge in [-0.3, -0.25) is 4.90 Å². The molecule has 0 saturated carbocycles. The summed E-state index contributed by atoms with van der Waals surface area (Å²) in [7, 11) is 2.12. The Kier molecular flexibility index (Phi) is 6.94. The second kappa shape index (κ2) is 8.25. The van der Waals surface area contributed by atoms with Gasteiger partial charge in [-0.05, 0) is 24.1 Å². The van der Waals surface area contributed by atoms with Crippen LogP contribution in [-0.4, -0.2) is 31.7 Å². The zero-order valence-electron chi connectivity index (χ0n) is 11.9. The molecule has 0 amide bonds. The first-order valence-electron chi connectivity index (χ1n) is 6.66. The highest BCUT2D eigenvalue weighted by molar-refractivity contribution is 5.22. The highest BCUT2D eigenvalue weighted by Gasteiger charge is 2.01. The number of benzene rings is 1. The summed E-state index contributed by atoms with van der Waals surface area (Å²) < 4.78 is 5.58. The number of nitrogens with two attached hydrogens (primary N) is 1. The van der Waals surface area contributed by atoms with E-state index in [4.69, 9.17) is 10.5 Å². The molecule has 0 unspecified atom stereocenters. The van der Waals surface area contributed by atoms with Gasteiger partial charge in [0.05, 0.1) is 6.61 Å². The molecule has 18 heavy (non-hydrogen) atoms. The number of rotatable bonds is 8. The normalized spacial score (nSPS) is 11.4. The van der Waals surface area contributed by atoms with Crippen molar-refractivity contribution in [3.8, 4) is 0 Å². The predicted molar refractivity (Wildman–Crippen MR) is 76.3 cm³/mol. The molecule has 0 aromatic heterocycles. The Labute approximate surface area is 111 Å². The maximum atomic E-state index is 5.58. The van der Waals surface area contributed by atoms with Crippen LogP contribution in [0.5, 0.6) is 0 Å². The first-order chi connectivity index (χ1) is 8.61. The van der Waals surface area contributed by atoms with Crippen molar-refractivity contribution in [2.45, 2.75) is 26.9 Å². The number of nitrogens with zero attached hydrogens (tertiary/aromatic N) is 1. The van der Waals surface area contributed by atoms with E-state index in [0.717, 1.165) is 26.3 Å². The monoisotopic (exact) mass is 250 g/mol. The Balaban J connectivity index is 2.24. The first kappa shape index (κ1) is 15.2. The molecule has 0 bridgehead atoms. The standard InChI is InChI=1S/C15H26N2O/c1-13(2)12-18-9-8-17(3)11-15-6-4-14(10-16)5-7-15/h4-7,13H,8-12,16H2,1-3H3. The fourth-order valence-electron chi connectivity index (χ4n) is 1.71. The third kappa shape index (κ3) is 6.15. The Bertz CT molecular complexity index is 322. The van der Waals surface area contributed by atoms with E-state index in [1.807, 2.05) is 0 Å². The minimum Gasteiger partial charge on any atom is -0.380 e. The van der Waals surface area contributed by atoms with E-state index in [-0.39, 0.29) is 0 Å². The largest absolute Gasteiger partial charge is 0.380 e. The molecule has 0 radical (unpaired) electrons. The minimum atomic E-state index is 0.610. The van der Waals surface area contributed by atoms with Gasteiger partial charge in [-0.2, -0.15) is 0 Å². The van der Waals surface area contributed by atoms with E-state index in [9.17, 15) is 0 Å². The summed E-state index contributed by atoms with van der Waals surface area (Å²) in [5.74, 6) is 0.610. The van der Waals surface area contributed by atoms with Crippen molar-refractivity contribution in [3.05, 3.63) is 35.4 Å². The summed E-state index contributed by atoms with van der Waals surface area (Å²) in [6.45, 7) is 8.51. The molecular formula is C15H26N2O. The van der Waals surface area contributed by atoms with Gasteiger partial charge in [0.25, 0.3) is 0 Å². The van der Waals surface area contributed by atoms with Crippen LogP contribution in [-0.2, 0) is 17.8 Å². The molecular weight excluding hydrogens is 224 g/mol. The van der Waals surface area contributed by atoms with Gasteiger partial charge in [0.2, 0.25) is 0 Å². The highest BCUT2D eigenvalue weighted by Crippen LogP contribution is 2.06. The molecule has 0 heterocycles. The van der Waals surface area contributed by atoms with Crippen LogP contribution in [0.25, 0.3) is 0 Å². The van der Waals surface area contributed by atoms with Crippen LogP contribution in [0.4, 0.5) is 0 Å². The summed E-state index contributed by atoms with van der Waals surface area (Å²) in [6, 6.07) is 8.48. The second-order valence-corrected chi connectivity index (χ2v) is 5.23. The summed E-state index contributed by atoms with van der Waals surface area (Å²) in [5.41, 5.74) is 8.08. The molecule has 0 aliphatic rings. The summed E-state index contributed by atoms with van der Waals surface area (Å²) >= 11 is 0. The molecule has 102 valence electrons. The van der Waals surface area contributed by atoms with E-state index in [1.165, 1.54) is 11.1 Å². The summed E-state index contributed by atoms with van der Waals surface area (Å²) in [4.78, 5) is 2.28. The molecule has 0 saturated heterocycles. The Morgan fingerprint density at radius 2 is 1.78 bits per heavy atom. The summed E-state index contributed by atoms with van der Waals surface area (Å²) in [5, 5.41) is 0. The molecule has 0 aliphatic heterocycles. The van der Waals surface area contributed by atoms with Gasteiger partial charge in [-0.15, -0.1) is 0 Å². The van der Waals surface area contributed by atoms with Crippen LogP contribution in [0.2, 0.25) is 0 Å². The smallest absolute Gasteiger partial charge is 0.0593 e. The first-order valence-corrected chi connectivity index (χ1v) is 6.66. The molecule has 0 aliphatic carbocycles. The fraction of sp³-hybridized carbons (Fsp3) is 0.600. The van der Waals surface area contributed by atoms with E-state index in [2.05, 4.69) is 50.1 Å². The highest BCUT2D eigenvalue weighted by atomic mass is 16.5. The lowest BCUT2D eigenvalue weighted by molar-refractivity contribution is 0.0901. The lowest BCUT2D eigenvalue weighted by Gasteiger charge is -2.17. The van der Waals surface area contributed by atoms with E-state index >= 15 is 0 Å². The van der Waals surface area contributed by atoms with Crippen molar-refractivity contribution in [2.75, 3.05) is 26.8 Å². The van der Waals surface area contributed by atoms with Crippen LogP contribution >= 0.6 is 0 Å². The van der Waals surface area contributed by atoms with Gasteiger partial charge in [0, 0.05) is 26.2 Å². The van der Waals surface area contributed by atoms with Crippen LogP contribution in [0.1, 0.15) is 25.0 Å². The van der Waals surface area contributed by atoms with Gasteiger partial charge < -0.3 is 10.5 Å². The molecule has 3 heteroatoms.